The first kappa shape index (κ1) is 16.6. The summed E-state index contributed by atoms with van der Waals surface area (Å²) in [6.45, 7) is 0. The van der Waals surface area contributed by atoms with Crippen molar-refractivity contribution in [2.75, 3.05) is 0 Å². The van der Waals surface area contributed by atoms with Gasteiger partial charge in [-0.3, -0.25) is 0 Å². The second kappa shape index (κ2) is 6.60. The van der Waals surface area contributed by atoms with Crippen LogP contribution in [0.2, 0.25) is 0 Å². The van der Waals surface area contributed by atoms with E-state index in [9.17, 15) is 0 Å². The van der Waals surface area contributed by atoms with Crippen LogP contribution in [0.25, 0.3) is 33.7 Å². The molecule has 2 unspecified atom stereocenters. The molecule has 4 aromatic rings. The van der Waals surface area contributed by atoms with Gasteiger partial charge in [-0.1, -0.05) is 97.1 Å². The van der Waals surface area contributed by atoms with Crippen molar-refractivity contribution in [2.24, 2.45) is 11.8 Å². The highest BCUT2D eigenvalue weighted by atomic mass is 14.2. The van der Waals surface area contributed by atoms with Gasteiger partial charge < -0.3 is 0 Å². The molecule has 0 heteroatoms. The average Bonchev–Trinajstić information content (AvgIpc) is 2.77. The van der Waals surface area contributed by atoms with Crippen LogP contribution in [0.4, 0.5) is 0 Å². The molecule has 0 amide bonds. The van der Waals surface area contributed by atoms with Crippen molar-refractivity contribution in [1.29, 1.82) is 0 Å². The maximum atomic E-state index is 2.47. The molecule has 0 saturated heterocycles. The molecule has 0 N–H and O–H groups in total. The Morgan fingerprint density at radius 3 is 2.14 bits per heavy atom. The van der Waals surface area contributed by atoms with Crippen molar-refractivity contribution in [1.82, 2.24) is 0 Å². The van der Waals surface area contributed by atoms with Gasteiger partial charge in [0.2, 0.25) is 0 Å². The number of benzene rings is 4. The summed E-state index contributed by atoms with van der Waals surface area (Å²) in [4.78, 5) is 0. The van der Waals surface area contributed by atoms with Gasteiger partial charge in [-0.25, -0.2) is 0 Å². The SMILES string of the molecule is C1=CC2C=c3cccc(Cc4cccc5cc6ccccc6cc45)c3=CC2C=C1. The molecule has 0 aromatic heterocycles. The molecule has 29 heavy (non-hydrogen) atoms. The van der Waals surface area contributed by atoms with Crippen LogP contribution in [0, 0.1) is 11.8 Å². The first-order chi connectivity index (χ1) is 14.3. The summed E-state index contributed by atoms with van der Waals surface area (Å²) >= 11 is 0. The molecule has 0 aliphatic heterocycles. The molecule has 4 aromatic carbocycles. The molecule has 2 aliphatic carbocycles. The third kappa shape index (κ3) is 2.84. The number of allylic oxidation sites excluding steroid dienone is 4. The Bertz CT molecular complexity index is 1430. The van der Waals surface area contributed by atoms with Crippen LogP contribution in [0.1, 0.15) is 11.1 Å². The largest absolute Gasteiger partial charge is 0.0767 e. The first-order valence-electron chi connectivity index (χ1n) is 10.4. The van der Waals surface area contributed by atoms with Crippen LogP contribution in [0.15, 0.2) is 97.1 Å². The topological polar surface area (TPSA) is 0 Å². The molecular weight excluding hydrogens is 348 g/mol. The lowest BCUT2D eigenvalue weighted by atomic mass is 9.82. The van der Waals surface area contributed by atoms with Gasteiger partial charge in [0.15, 0.2) is 0 Å². The van der Waals surface area contributed by atoms with Crippen LogP contribution in [-0.2, 0) is 6.42 Å². The lowest BCUT2D eigenvalue weighted by Crippen LogP contribution is -2.35. The van der Waals surface area contributed by atoms with E-state index in [4.69, 9.17) is 0 Å². The minimum Gasteiger partial charge on any atom is -0.0767 e. The molecule has 0 nitrogen and oxygen atoms in total. The van der Waals surface area contributed by atoms with Crippen LogP contribution >= 0.6 is 0 Å². The van der Waals surface area contributed by atoms with Gasteiger partial charge in [0.1, 0.15) is 0 Å². The van der Waals surface area contributed by atoms with E-state index in [0.29, 0.717) is 11.8 Å². The molecule has 0 bridgehead atoms. The lowest BCUT2D eigenvalue weighted by molar-refractivity contribution is 0.722. The standard InChI is InChI=1S/C29H22/c1-3-9-22-18-28-24(15-20(22)7-1)11-5-13-26(28)17-27-14-6-12-25-16-21-8-2-4-10-23(21)19-29(25)27/h1-16,18-20,22H,17H2. The Labute approximate surface area is 170 Å². The highest BCUT2D eigenvalue weighted by Gasteiger charge is 2.18. The number of hydrogen-bond acceptors (Lipinski definition) is 0. The quantitative estimate of drug-likeness (QED) is 0.408. The Balaban J connectivity index is 1.51. The van der Waals surface area contributed by atoms with Crippen molar-refractivity contribution in [3.05, 3.63) is 119 Å². The molecule has 2 atom stereocenters. The van der Waals surface area contributed by atoms with E-state index in [-0.39, 0.29) is 0 Å². The monoisotopic (exact) mass is 370 g/mol. The van der Waals surface area contributed by atoms with Crippen LogP contribution in [0.5, 0.6) is 0 Å². The van der Waals surface area contributed by atoms with E-state index in [1.807, 2.05) is 0 Å². The first-order valence-corrected chi connectivity index (χ1v) is 10.4. The average molecular weight is 370 g/mol. The molecule has 0 fully saturated rings. The van der Waals surface area contributed by atoms with Gasteiger partial charge in [0.05, 0.1) is 0 Å². The van der Waals surface area contributed by atoms with Crippen molar-refractivity contribution in [2.45, 2.75) is 6.42 Å². The Kier molecular flexibility index (Phi) is 3.77. The molecule has 0 heterocycles. The van der Waals surface area contributed by atoms with E-state index in [0.717, 1.165) is 6.42 Å². The van der Waals surface area contributed by atoms with E-state index < -0.39 is 0 Å². The van der Waals surface area contributed by atoms with Crippen LogP contribution < -0.4 is 10.4 Å². The van der Waals surface area contributed by atoms with Crippen LogP contribution in [-0.4, -0.2) is 0 Å². The Morgan fingerprint density at radius 2 is 1.28 bits per heavy atom. The number of fused-ring (bicyclic) bond motifs is 4. The predicted octanol–water partition coefficient (Wildman–Crippen LogP) is 5.52. The summed E-state index contributed by atoms with van der Waals surface area (Å²) in [7, 11) is 0. The second-order valence-electron chi connectivity index (χ2n) is 8.19. The second-order valence-corrected chi connectivity index (χ2v) is 8.19. The summed E-state index contributed by atoms with van der Waals surface area (Å²) < 4.78 is 0. The lowest BCUT2D eigenvalue weighted by Gasteiger charge is -2.22. The normalized spacial score (nSPS) is 19.4. The smallest absolute Gasteiger partial charge is 0.00570 e. The fourth-order valence-corrected chi connectivity index (χ4v) is 4.90. The zero-order chi connectivity index (χ0) is 19.2. The fraction of sp³-hybridized carbons (Fsp3) is 0.103. The maximum absolute atomic E-state index is 2.47. The van der Waals surface area contributed by atoms with Crippen molar-refractivity contribution in [3.8, 4) is 0 Å². The van der Waals surface area contributed by atoms with Crippen LogP contribution in [0.3, 0.4) is 0 Å². The molecule has 2 aliphatic rings. The summed E-state index contributed by atoms with van der Waals surface area (Å²) in [5.74, 6) is 0.969. The summed E-state index contributed by atoms with van der Waals surface area (Å²) in [6, 6.07) is 26.8. The number of hydrogen-bond donors (Lipinski definition) is 0. The Morgan fingerprint density at radius 1 is 0.586 bits per heavy atom. The van der Waals surface area contributed by atoms with E-state index >= 15 is 0 Å². The zero-order valence-electron chi connectivity index (χ0n) is 16.3. The van der Waals surface area contributed by atoms with Crippen molar-refractivity contribution >= 4 is 33.7 Å². The summed E-state index contributed by atoms with van der Waals surface area (Å²) in [6.07, 6.45) is 14.8. The molecule has 0 spiro atoms. The maximum Gasteiger partial charge on any atom is 0.00570 e. The highest BCUT2D eigenvalue weighted by Crippen LogP contribution is 2.27. The van der Waals surface area contributed by atoms with E-state index in [2.05, 4.69) is 109 Å². The molecule has 138 valence electrons. The molecular formula is C29H22. The van der Waals surface area contributed by atoms with E-state index in [1.165, 1.54) is 43.1 Å². The minimum absolute atomic E-state index is 0.477. The fourth-order valence-electron chi connectivity index (χ4n) is 4.90. The third-order valence-corrected chi connectivity index (χ3v) is 6.40. The van der Waals surface area contributed by atoms with Crippen molar-refractivity contribution < 1.29 is 0 Å². The number of rotatable bonds is 2. The minimum atomic E-state index is 0.477. The third-order valence-electron chi connectivity index (χ3n) is 6.40. The zero-order valence-corrected chi connectivity index (χ0v) is 16.3. The van der Waals surface area contributed by atoms with Crippen molar-refractivity contribution in [3.63, 3.8) is 0 Å². The molecule has 0 radical (unpaired) electrons. The molecule has 0 saturated carbocycles. The van der Waals surface area contributed by atoms with Gasteiger partial charge in [0.25, 0.3) is 0 Å². The molecule has 6 rings (SSSR count). The van der Waals surface area contributed by atoms with Gasteiger partial charge in [0, 0.05) is 11.8 Å². The van der Waals surface area contributed by atoms with Gasteiger partial charge in [-0.15, -0.1) is 0 Å². The highest BCUT2D eigenvalue weighted by molar-refractivity contribution is 5.99. The van der Waals surface area contributed by atoms with E-state index in [1.54, 1.807) is 0 Å². The van der Waals surface area contributed by atoms with Gasteiger partial charge >= 0.3 is 0 Å². The Hall–Kier alpha value is -3.38. The van der Waals surface area contributed by atoms with Gasteiger partial charge in [-0.2, -0.15) is 0 Å². The summed E-state index contributed by atoms with van der Waals surface area (Å²) in [5, 5.41) is 8.08. The predicted molar refractivity (Wildman–Crippen MR) is 124 cm³/mol. The summed E-state index contributed by atoms with van der Waals surface area (Å²) in [5.41, 5.74) is 2.82. The van der Waals surface area contributed by atoms with Gasteiger partial charge in [-0.05, 0) is 61.7 Å².